The molecule has 0 fully saturated rings. The van der Waals surface area contributed by atoms with Crippen LogP contribution in [0.5, 0.6) is 5.88 Å². The lowest BCUT2D eigenvalue weighted by molar-refractivity contribution is -0.137. The van der Waals surface area contributed by atoms with Gasteiger partial charge in [0.15, 0.2) is 0 Å². The van der Waals surface area contributed by atoms with Crippen molar-refractivity contribution in [2.24, 2.45) is 12.0 Å². The molecular weight excluding hydrogens is 341 g/mol. The molecule has 0 spiro atoms. The maximum Gasteiger partial charge on any atom is 0.417 e. The molecule has 2 aromatic carbocycles. The minimum absolute atomic E-state index is 0.00930. The number of halogens is 4. The highest BCUT2D eigenvalue weighted by Crippen LogP contribution is 2.37. The Bertz CT molecular complexity index is 945. The van der Waals surface area contributed by atoms with Gasteiger partial charge in [0.2, 0.25) is 5.88 Å². The molecule has 3 aromatic rings. The summed E-state index contributed by atoms with van der Waals surface area (Å²) in [4.78, 5) is 4.06. The van der Waals surface area contributed by atoms with Crippen molar-refractivity contribution >= 4 is 34.4 Å². The van der Waals surface area contributed by atoms with Gasteiger partial charge >= 0.3 is 6.18 Å². The SMILES string of the molecule is Cn1c(O)c(C=Nc2ccc(Cl)c(C(F)(F)F)c2)c2ccccc21. The van der Waals surface area contributed by atoms with Crippen molar-refractivity contribution in [3.8, 4) is 5.88 Å². The van der Waals surface area contributed by atoms with E-state index in [1.807, 2.05) is 18.2 Å². The van der Waals surface area contributed by atoms with Gasteiger partial charge in [-0.15, -0.1) is 0 Å². The van der Waals surface area contributed by atoms with Crippen LogP contribution >= 0.6 is 11.6 Å². The summed E-state index contributed by atoms with van der Waals surface area (Å²) >= 11 is 5.59. The van der Waals surface area contributed by atoms with E-state index < -0.39 is 11.7 Å². The van der Waals surface area contributed by atoms with Crippen molar-refractivity contribution in [3.05, 3.63) is 58.6 Å². The average molecular weight is 353 g/mol. The lowest BCUT2D eigenvalue weighted by atomic mass is 10.1. The van der Waals surface area contributed by atoms with Gasteiger partial charge in [-0.3, -0.25) is 4.99 Å². The van der Waals surface area contributed by atoms with E-state index in [1.54, 1.807) is 17.7 Å². The Balaban J connectivity index is 2.05. The van der Waals surface area contributed by atoms with E-state index >= 15 is 0 Å². The molecule has 1 aromatic heterocycles. The second-order valence-corrected chi connectivity index (χ2v) is 5.64. The number of hydrogen-bond donors (Lipinski definition) is 1. The Kier molecular flexibility index (Phi) is 4.01. The second kappa shape index (κ2) is 5.87. The van der Waals surface area contributed by atoms with Crippen LogP contribution in [0.2, 0.25) is 5.02 Å². The van der Waals surface area contributed by atoms with E-state index in [2.05, 4.69) is 4.99 Å². The Morgan fingerprint density at radius 3 is 2.58 bits per heavy atom. The van der Waals surface area contributed by atoms with Crippen LogP contribution in [0.25, 0.3) is 10.9 Å². The number of para-hydroxylation sites is 1. The fourth-order valence-corrected chi connectivity index (χ4v) is 2.71. The molecule has 0 bridgehead atoms. The molecule has 0 saturated heterocycles. The highest BCUT2D eigenvalue weighted by molar-refractivity contribution is 6.31. The predicted octanol–water partition coefficient (Wildman–Crippen LogP) is 5.31. The summed E-state index contributed by atoms with van der Waals surface area (Å²) in [5.41, 5.74) is 0.389. The van der Waals surface area contributed by atoms with Gasteiger partial charge in [0, 0.05) is 18.6 Å². The summed E-state index contributed by atoms with van der Waals surface area (Å²) in [6, 6.07) is 10.7. The Labute approximate surface area is 140 Å². The van der Waals surface area contributed by atoms with Gasteiger partial charge in [-0.25, -0.2) is 0 Å². The number of hydrogen-bond acceptors (Lipinski definition) is 2. The molecule has 0 radical (unpaired) electrons. The topological polar surface area (TPSA) is 37.5 Å². The number of benzene rings is 2. The molecule has 0 aliphatic carbocycles. The quantitative estimate of drug-likeness (QED) is 0.624. The molecule has 0 aliphatic rings. The molecule has 0 atom stereocenters. The van der Waals surface area contributed by atoms with E-state index in [0.717, 1.165) is 23.0 Å². The Hall–Kier alpha value is -2.47. The normalized spacial score (nSPS) is 12.4. The van der Waals surface area contributed by atoms with Crippen LogP contribution in [0.15, 0.2) is 47.5 Å². The number of aryl methyl sites for hydroxylation is 1. The summed E-state index contributed by atoms with van der Waals surface area (Å²) in [7, 11) is 1.69. The van der Waals surface area contributed by atoms with E-state index in [9.17, 15) is 18.3 Å². The van der Waals surface area contributed by atoms with Crippen molar-refractivity contribution < 1.29 is 18.3 Å². The van der Waals surface area contributed by atoms with Crippen LogP contribution in [-0.2, 0) is 13.2 Å². The molecule has 1 heterocycles. The van der Waals surface area contributed by atoms with Gasteiger partial charge in [0.1, 0.15) is 0 Å². The van der Waals surface area contributed by atoms with Crippen molar-refractivity contribution in [2.45, 2.75) is 6.18 Å². The third-order valence-electron chi connectivity index (χ3n) is 3.71. The number of alkyl halides is 3. The van der Waals surface area contributed by atoms with Gasteiger partial charge in [-0.05, 0) is 24.3 Å². The zero-order valence-electron chi connectivity index (χ0n) is 12.5. The molecule has 3 nitrogen and oxygen atoms in total. The third-order valence-corrected chi connectivity index (χ3v) is 4.04. The first-order chi connectivity index (χ1) is 11.3. The van der Waals surface area contributed by atoms with Crippen molar-refractivity contribution in [1.29, 1.82) is 0 Å². The van der Waals surface area contributed by atoms with Crippen molar-refractivity contribution in [3.63, 3.8) is 0 Å². The zero-order chi connectivity index (χ0) is 17.5. The van der Waals surface area contributed by atoms with Crippen LogP contribution in [-0.4, -0.2) is 15.9 Å². The highest BCUT2D eigenvalue weighted by atomic mass is 35.5. The molecule has 7 heteroatoms. The molecule has 0 unspecified atom stereocenters. The standard InChI is InChI=1S/C17H12ClF3N2O/c1-23-15-5-3-2-4-11(15)12(16(23)24)9-22-10-6-7-14(18)13(8-10)17(19,20)21/h2-9,24H,1H3. The number of fused-ring (bicyclic) bond motifs is 1. The van der Waals surface area contributed by atoms with Crippen LogP contribution in [0.1, 0.15) is 11.1 Å². The Morgan fingerprint density at radius 2 is 1.88 bits per heavy atom. The smallest absolute Gasteiger partial charge is 0.417 e. The minimum Gasteiger partial charge on any atom is -0.494 e. The monoisotopic (exact) mass is 352 g/mol. The highest BCUT2D eigenvalue weighted by Gasteiger charge is 2.33. The van der Waals surface area contributed by atoms with Gasteiger partial charge in [0.05, 0.1) is 27.4 Å². The molecule has 0 saturated carbocycles. The van der Waals surface area contributed by atoms with Crippen LogP contribution in [0.4, 0.5) is 18.9 Å². The molecule has 24 heavy (non-hydrogen) atoms. The Morgan fingerprint density at radius 1 is 1.17 bits per heavy atom. The first-order valence-electron chi connectivity index (χ1n) is 6.96. The summed E-state index contributed by atoms with van der Waals surface area (Å²) in [5, 5.41) is 10.6. The molecule has 1 N–H and O–H groups in total. The molecule has 0 amide bonds. The number of nitrogens with zero attached hydrogens (tertiary/aromatic N) is 2. The third kappa shape index (κ3) is 2.85. The van der Waals surface area contributed by atoms with Crippen molar-refractivity contribution in [1.82, 2.24) is 4.57 Å². The summed E-state index contributed by atoms with van der Waals surface area (Å²) < 4.78 is 40.2. The lowest BCUT2D eigenvalue weighted by Crippen LogP contribution is -2.05. The van der Waals surface area contributed by atoms with Crippen LogP contribution in [0, 0.1) is 0 Å². The maximum absolute atomic E-state index is 12.9. The maximum atomic E-state index is 12.9. The van der Waals surface area contributed by atoms with Gasteiger partial charge < -0.3 is 9.67 Å². The lowest BCUT2D eigenvalue weighted by Gasteiger charge is -2.09. The minimum atomic E-state index is -4.55. The summed E-state index contributed by atoms with van der Waals surface area (Å²) in [6.45, 7) is 0. The van der Waals surface area contributed by atoms with Gasteiger partial charge in [-0.1, -0.05) is 29.8 Å². The van der Waals surface area contributed by atoms with Gasteiger partial charge in [-0.2, -0.15) is 13.2 Å². The summed E-state index contributed by atoms with van der Waals surface area (Å²) in [5.74, 6) is -0.00930. The fourth-order valence-electron chi connectivity index (χ4n) is 2.49. The number of aromatic nitrogens is 1. The van der Waals surface area contributed by atoms with Crippen LogP contribution in [0.3, 0.4) is 0 Å². The van der Waals surface area contributed by atoms with Gasteiger partial charge in [0.25, 0.3) is 0 Å². The fraction of sp³-hybridized carbons (Fsp3) is 0.118. The van der Waals surface area contributed by atoms with E-state index in [1.165, 1.54) is 12.3 Å². The first kappa shape index (κ1) is 16.4. The van der Waals surface area contributed by atoms with E-state index in [0.29, 0.717) is 5.56 Å². The zero-order valence-corrected chi connectivity index (χ0v) is 13.2. The average Bonchev–Trinajstić information content (AvgIpc) is 2.78. The van der Waals surface area contributed by atoms with Crippen LogP contribution < -0.4 is 0 Å². The number of aliphatic imine (C=N–C) groups is 1. The van der Waals surface area contributed by atoms with E-state index in [-0.39, 0.29) is 16.6 Å². The molecule has 124 valence electrons. The first-order valence-corrected chi connectivity index (χ1v) is 7.34. The molecule has 3 rings (SSSR count). The predicted molar refractivity (Wildman–Crippen MR) is 88.3 cm³/mol. The van der Waals surface area contributed by atoms with Crippen molar-refractivity contribution in [2.75, 3.05) is 0 Å². The second-order valence-electron chi connectivity index (χ2n) is 5.23. The summed E-state index contributed by atoms with van der Waals surface area (Å²) in [6.07, 6.45) is -3.20. The molecular formula is C17H12ClF3N2O. The number of aromatic hydroxyl groups is 1. The molecule has 0 aliphatic heterocycles. The largest absolute Gasteiger partial charge is 0.494 e. The van der Waals surface area contributed by atoms with E-state index in [4.69, 9.17) is 11.6 Å². The number of rotatable bonds is 2.